The molecule has 0 saturated heterocycles. The predicted molar refractivity (Wildman–Crippen MR) is 176 cm³/mol. The van der Waals surface area contributed by atoms with Crippen LogP contribution in [0.3, 0.4) is 0 Å². The topological polar surface area (TPSA) is 35.5 Å². The van der Waals surface area contributed by atoms with E-state index >= 15 is 0 Å². The normalized spacial score (nSPS) is 29.3. The van der Waals surface area contributed by atoms with E-state index in [1.54, 1.807) is 5.57 Å². The first-order valence-corrected chi connectivity index (χ1v) is 16.6. The van der Waals surface area contributed by atoms with E-state index in [0.717, 1.165) is 60.5 Å². The number of rotatable bonds is 7. The van der Waals surface area contributed by atoms with Crippen LogP contribution in [0.2, 0.25) is 0 Å². The van der Waals surface area contributed by atoms with Gasteiger partial charge >= 0.3 is 0 Å². The molecule has 6 atom stereocenters. The van der Waals surface area contributed by atoms with E-state index in [-0.39, 0.29) is 17.9 Å². The smallest absolute Gasteiger partial charge is 0.143 e. The van der Waals surface area contributed by atoms with Gasteiger partial charge < -0.3 is 9.47 Å². The van der Waals surface area contributed by atoms with Gasteiger partial charge in [0.2, 0.25) is 0 Å². The van der Waals surface area contributed by atoms with Crippen LogP contribution in [-0.4, -0.2) is 11.9 Å². The van der Waals surface area contributed by atoms with Crippen LogP contribution < -0.4 is 9.47 Å². The molecule has 6 rings (SSSR count). The number of Topliss-reactive ketones (excluding diaryl/α,β-unsaturated/α-hetero) is 1. The fraction of sp³-hybridized carbons (Fsp3) is 0.475. The zero-order chi connectivity index (χ0) is 30.2. The number of carbonyl (C=O) groups excluding carboxylic acids is 1. The summed E-state index contributed by atoms with van der Waals surface area (Å²) in [6.45, 7) is 17.5. The van der Waals surface area contributed by atoms with Crippen LogP contribution in [0, 0.1) is 24.7 Å². The molecule has 2 aromatic carbocycles. The minimum Gasteiger partial charge on any atom is -0.486 e. The SMILES string of the molecule is C=C(Oc1cccc(C2CC(C)C(=C)C(Oc3ccc(C4C(=O)C(C)CCC4C)cc3)C2)c1C)C1=CC2=C(CCCC2)C1. The number of benzene rings is 2. The number of allylic oxidation sites excluding steroid dienone is 4. The van der Waals surface area contributed by atoms with Gasteiger partial charge in [-0.2, -0.15) is 0 Å². The van der Waals surface area contributed by atoms with Gasteiger partial charge in [-0.3, -0.25) is 4.79 Å². The van der Waals surface area contributed by atoms with Crippen molar-refractivity contribution in [3.63, 3.8) is 0 Å². The molecule has 6 unspecified atom stereocenters. The minimum absolute atomic E-state index is 0.00740. The van der Waals surface area contributed by atoms with Crippen molar-refractivity contribution in [2.45, 2.75) is 103 Å². The van der Waals surface area contributed by atoms with Gasteiger partial charge in [0.1, 0.15) is 29.1 Å². The zero-order valence-corrected chi connectivity index (χ0v) is 26.6. The molecule has 43 heavy (non-hydrogen) atoms. The van der Waals surface area contributed by atoms with Crippen LogP contribution in [0.5, 0.6) is 11.5 Å². The molecule has 4 aliphatic carbocycles. The Morgan fingerprint density at radius 1 is 0.930 bits per heavy atom. The quantitative estimate of drug-likeness (QED) is 0.243. The zero-order valence-electron chi connectivity index (χ0n) is 26.6. The lowest BCUT2D eigenvalue weighted by atomic mass is 9.71. The second kappa shape index (κ2) is 12.3. The first-order chi connectivity index (χ1) is 20.7. The Balaban J connectivity index is 1.14. The van der Waals surface area contributed by atoms with Gasteiger partial charge in [0, 0.05) is 11.8 Å². The highest BCUT2D eigenvalue weighted by Gasteiger charge is 2.36. The number of ketones is 1. The summed E-state index contributed by atoms with van der Waals surface area (Å²) in [7, 11) is 0. The lowest BCUT2D eigenvalue weighted by Crippen LogP contribution is -2.31. The van der Waals surface area contributed by atoms with Crippen LogP contribution in [0.25, 0.3) is 0 Å². The Kier molecular flexibility index (Phi) is 8.54. The van der Waals surface area contributed by atoms with Gasteiger partial charge in [0.15, 0.2) is 0 Å². The van der Waals surface area contributed by atoms with Crippen molar-refractivity contribution in [2.24, 2.45) is 17.8 Å². The van der Waals surface area contributed by atoms with Gasteiger partial charge in [-0.25, -0.2) is 0 Å². The van der Waals surface area contributed by atoms with Gasteiger partial charge in [0.25, 0.3) is 0 Å². The van der Waals surface area contributed by atoms with Crippen molar-refractivity contribution in [1.82, 2.24) is 0 Å². The van der Waals surface area contributed by atoms with E-state index in [2.05, 4.69) is 77.3 Å². The molecule has 0 heterocycles. The standard InChI is InChI=1S/C40H48O3/c1-24-14-15-25(2)40(41)39(24)30-16-18-35(19-17-30)43-38-23-34(20-26(3)27(38)4)36-12-9-13-37(28(36)5)42-29(6)33-21-31-10-7-8-11-32(31)22-33/h9,12-13,16-19,21,24-26,34,38-39H,4,6-8,10-11,14-15,20,22-23H2,1-3,5H3. The van der Waals surface area contributed by atoms with Gasteiger partial charge in [-0.05, 0) is 134 Å². The Hall–Kier alpha value is -3.33. The maximum atomic E-state index is 13.0. The predicted octanol–water partition coefficient (Wildman–Crippen LogP) is 10.3. The number of ether oxygens (including phenoxy) is 2. The summed E-state index contributed by atoms with van der Waals surface area (Å²) in [5.41, 5.74) is 9.12. The largest absolute Gasteiger partial charge is 0.486 e. The Labute approximate surface area is 258 Å². The molecule has 0 amide bonds. The van der Waals surface area contributed by atoms with E-state index in [1.165, 1.54) is 48.0 Å². The van der Waals surface area contributed by atoms with Gasteiger partial charge in [-0.1, -0.05) is 69.8 Å². The third-order valence-corrected chi connectivity index (χ3v) is 10.9. The van der Waals surface area contributed by atoms with E-state index < -0.39 is 0 Å². The van der Waals surface area contributed by atoms with Crippen molar-refractivity contribution < 1.29 is 14.3 Å². The molecule has 3 nitrogen and oxygen atoms in total. The molecule has 226 valence electrons. The Morgan fingerprint density at radius 2 is 1.70 bits per heavy atom. The second-order valence-corrected chi connectivity index (χ2v) is 13.8. The van der Waals surface area contributed by atoms with E-state index in [4.69, 9.17) is 9.47 Å². The van der Waals surface area contributed by atoms with Crippen molar-refractivity contribution in [2.75, 3.05) is 0 Å². The van der Waals surface area contributed by atoms with Crippen LogP contribution >= 0.6 is 0 Å². The number of hydrogen-bond donors (Lipinski definition) is 0. The summed E-state index contributed by atoms with van der Waals surface area (Å²) >= 11 is 0. The summed E-state index contributed by atoms with van der Waals surface area (Å²) in [5.74, 6) is 4.13. The van der Waals surface area contributed by atoms with E-state index in [9.17, 15) is 4.79 Å². The molecule has 2 aromatic rings. The van der Waals surface area contributed by atoms with Crippen LogP contribution in [0.15, 0.2) is 89.8 Å². The summed E-state index contributed by atoms with van der Waals surface area (Å²) < 4.78 is 13.1. The molecular weight excluding hydrogens is 528 g/mol. The minimum atomic E-state index is -0.0603. The molecule has 0 aliphatic heterocycles. The molecule has 4 aliphatic rings. The van der Waals surface area contributed by atoms with Crippen LogP contribution in [0.4, 0.5) is 0 Å². The van der Waals surface area contributed by atoms with Crippen molar-refractivity contribution in [3.8, 4) is 11.5 Å². The summed E-state index contributed by atoms with van der Waals surface area (Å²) in [5, 5.41) is 0. The highest BCUT2D eigenvalue weighted by Crippen LogP contribution is 2.44. The third-order valence-electron chi connectivity index (χ3n) is 10.9. The van der Waals surface area contributed by atoms with Crippen molar-refractivity contribution in [3.05, 3.63) is 106 Å². The molecular formula is C40H48O3. The summed E-state index contributed by atoms with van der Waals surface area (Å²) in [4.78, 5) is 13.0. The summed E-state index contributed by atoms with van der Waals surface area (Å²) in [6, 6.07) is 14.7. The van der Waals surface area contributed by atoms with Gasteiger partial charge in [0.05, 0.1) is 0 Å². The molecule has 2 saturated carbocycles. The summed E-state index contributed by atoms with van der Waals surface area (Å²) in [6.07, 6.45) is 12.3. The molecule has 0 aromatic heterocycles. The second-order valence-electron chi connectivity index (χ2n) is 13.8. The van der Waals surface area contributed by atoms with Crippen LogP contribution in [0.1, 0.15) is 107 Å². The third kappa shape index (κ3) is 6.06. The van der Waals surface area contributed by atoms with Crippen LogP contribution in [-0.2, 0) is 4.79 Å². The maximum absolute atomic E-state index is 13.0. The molecule has 0 radical (unpaired) electrons. The van der Waals surface area contributed by atoms with Crippen molar-refractivity contribution >= 4 is 5.78 Å². The average molecular weight is 577 g/mol. The molecule has 0 N–H and O–H groups in total. The van der Waals surface area contributed by atoms with Gasteiger partial charge in [-0.15, -0.1) is 0 Å². The highest BCUT2D eigenvalue weighted by atomic mass is 16.5. The lowest BCUT2D eigenvalue weighted by Gasteiger charge is -2.36. The number of hydrogen-bond acceptors (Lipinski definition) is 3. The maximum Gasteiger partial charge on any atom is 0.143 e. The first kappa shape index (κ1) is 29.7. The van der Waals surface area contributed by atoms with Crippen molar-refractivity contribution in [1.29, 1.82) is 0 Å². The first-order valence-electron chi connectivity index (χ1n) is 16.6. The molecule has 3 heteroatoms. The lowest BCUT2D eigenvalue weighted by molar-refractivity contribution is -0.127. The van der Waals surface area contributed by atoms with E-state index in [0.29, 0.717) is 23.5 Å². The number of carbonyl (C=O) groups is 1. The Bertz CT molecular complexity index is 1470. The molecule has 0 bridgehead atoms. The highest BCUT2D eigenvalue weighted by molar-refractivity contribution is 5.88. The Morgan fingerprint density at radius 3 is 2.47 bits per heavy atom. The van der Waals surface area contributed by atoms with E-state index in [1.807, 2.05) is 12.1 Å². The fourth-order valence-electron chi connectivity index (χ4n) is 8.02. The molecule has 2 fully saturated rings. The average Bonchev–Trinajstić information content (AvgIpc) is 3.44. The fourth-order valence-corrected chi connectivity index (χ4v) is 8.02. The monoisotopic (exact) mass is 576 g/mol. The molecule has 0 spiro atoms.